The number of carboxylic acids is 2. The van der Waals surface area contributed by atoms with Gasteiger partial charge in [-0.2, -0.15) is 0 Å². The normalized spacial score (nSPS) is 24.0. The molecule has 2 fully saturated rings. The van der Waals surface area contributed by atoms with E-state index < -0.39 is 24.0 Å². The van der Waals surface area contributed by atoms with Gasteiger partial charge in [-0.25, -0.2) is 9.59 Å². The van der Waals surface area contributed by atoms with Gasteiger partial charge in [-0.1, -0.05) is 0 Å². The first kappa shape index (κ1) is 17.2. The lowest BCUT2D eigenvalue weighted by Gasteiger charge is -2.23. The molecule has 2 amide bonds. The van der Waals surface area contributed by atoms with Gasteiger partial charge < -0.3 is 20.0 Å². The molecule has 0 saturated carbocycles. The van der Waals surface area contributed by atoms with Crippen LogP contribution in [0.25, 0.3) is 0 Å². The predicted octanol–water partition coefficient (Wildman–Crippen LogP) is 0.308. The fourth-order valence-electron chi connectivity index (χ4n) is 3.32. The topological polar surface area (TPSA) is 115 Å². The molecule has 0 unspecified atom stereocenters. The number of amides is 2. The second-order valence-electron chi connectivity index (χ2n) is 6.02. The van der Waals surface area contributed by atoms with E-state index >= 15 is 0 Å². The minimum absolute atomic E-state index is 0.112. The first-order valence-electron chi connectivity index (χ1n) is 7.96. The highest BCUT2D eigenvalue weighted by Crippen LogP contribution is 2.21. The molecule has 0 aromatic heterocycles. The number of hydrogen-bond acceptors (Lipinski definition) is 4. The third-order valence-electron chi connectivity index (χ3n) is 4.50. The maximum absolute atomic E-state index is 12.1. The molecule has 2 heterocycles. The van der Waals surface area contributed by atoms with E-state index in [4.69, 9.17) is 10.2 Å². The summed E-state index contributed by atoms with van der Waals surface area (Å²) in [5, 5.41) is 18.1. The summed E-state index contributed by atoms with van der Waals surface area (Å²) in [6, 6.07) is -1.51. The molecule has 2 N–H and O–H groups in total. The number of carbonyl (C=O) groups excluding carboxylic acids is 2. The Hall–Kier alpha value is -2.12. The summed E-state index contributed by atoms with van der Waals surface area (Å²) in [5.41, 5.74) is 0. The average Bonchev–Trinajstić information content (AvgIpc) is 3.15. The molecule has 8 nitrogen and oxygen atoms in total. The maximum atomic E-state index is 12.1. The van der Waals surface area contributed by atoms with E-state index in [-0.39, 0.29) is 24.7 Å². The third-order valence-corrected chi connectivity index (χ3v) is 4.50. The van der Waals surface area contributed by atoms with Crippen LogP contribution in [0.3, 0.4) is 0 Å². The van der Waals surface area contributed by atoms with Gasteiger partial charge in [0.05, 0.1) is 0 Å². The molecule has 0 spiro atoms. The average molecular weight is 326 g/mol. The maximum Gasteiger partial charge on any atom is 0.326 e. The van der Waals surface area contributed by atoms with Crippen molar-refractivity contribution in [1.82, 2.24) is 9.80 Å². The monoisotopic (exact) mass is 326 g/mol. The van der Waals surface area contributed by atoms with E-state index in [2.05, 4.69) is 0 Å². The minimum Gasteiger partial charge on any atom is -0.480 e. The van der Waals surface area contributed by atoms with E-state index in [1.54, 1.807) is 0 Å². The molecular formula is C15H22N2O6. The zero-order valence-electron chi connectivity index (χ0n) is 12.9. The highest BCUT2D eigenvalue weighted by molar-refractivity contribution is 5.86. The van der Waals surface area contributed by atoms with Gasteiger partial charge in [0, 0.05) is 25.9 Å². The Morgan fingerprint density at radius 1 is 0.783 bits per heavy atom. The Morgan fingerprint density at radius 3 is 1.52 bits per heavy atom. The highest BCUT2D eigenvalue weighted by Gasteiger charge is 2.35. The van der Waals surface area contributed by atoms with Crippen molar-refractivity contribution in [3.8, 4) is 0 Å². The number of hydrogen-bond donors (Lipinski definition) is 2. The minimum atomic E-state index is -0.992. The quantitative estimate of drug-likeness (QED) is 0.726. The van der Waals surface area contributed by atoms with Crippen LogP contribution in [-0.4, -0.2) is 68.9 Å². The zero-order valence-corrected chi connectivity index (χ0v) is 12.9. The molecule has 128 valence electrons. The fourth-order valence-corrected chi connectivity index (χ4v) is 3.32. The van der Waals surface area contributed by atoms with Gasteiger partial charge >= 0.3 is 11.9 Å². The molecule has 0 aromatic rings. The van der Waals surface area contributed by atoms with E-state index in [1.165, 1.54) is 9.80 Å². The van der Waals surface area contributed by atoms with Crippen LogP contribution >= 0.6 is 0 Å². The fraction of sp³-hybridized carbons (Fsp3) is 0.733. The van der Waals surface area contributed by atoms with Gasteiger partial charge in [-0.3, -0.25) is 9.59 Å². The molecule has 2 atom stereocenters. The standard InChI is InChI=1S/C15H22N2O6/c18-12(16-8-2-4-10(16)14(20)21)6-1-7-13(19)17-9-3-5-11(17)15(22)23/h10-11H,1-9H2,(H,20,21)(H,22,23)/t10-,11-/m0/s1. The Labute approximate surface area is 134 Å². The van der Waals surface area contributed by atoms with Crippen molar-refractivity contribution in [1.29, 1.82) is 0 Å². The van der Waals surface area contributed by atoms with Crippen LogP contribution in [0.15, 0.2) is 0 Å². The SMILES string of the molecule is O=C(O)[C@@H]1CCCN1C(=O)CCCC(=O)N1CCC[C@H]1C(=O)O. The number of carbonyl (C=O) groups is 4. The van der Waals surface area contributed by atoms with Crippen molar-refractivity contribution in [3.63, 3.8) is 0 Å². The van der Waals surface area contributed by atoms with Crippen molar-refractivity contribution < 1.29 is 29.4 Å². The predicted molar refractivity (Wildman–Crippen MR) is 78.6 cm³/mol. The smallest absolute Gasteiger partial charge is 0.326 e. The van der Waals surface area contributed by atoms with Gasteiger partial charge in [0.1, 0.15) is 12.1 Å². The lowest BCUT2D eigenvalue weighted by Crippen LogP contribution is -2.41. The van der Waals surface area contributed by atoms with Crippen LogP contribution in [-0.2, 0) is 19.2 Å². The summed E-state index contributed by atoms with van der Waals surface area (Å²) in [6.07, 6.45) is 2.82. The van der Waals surface area contributed by atoms with Crippen molar-refractivity contribution in [3.05, 3.63) is 0 Å². The number of nitrogens with zero attached hydrogens (tertiary/aromatic N) is 2. The first-order valence-corrected chi connectivity index (χ1v) is 7.96. The summed E-state index contributed by atoms with van der Waals surface area (Å²) >= 11 is 0. The Morgan fingerprint density at radius 2 is 1.17 bits per heavy atom. The lowest BCUT2D eigenvalue weighted by atomic mass is 10.1. The van der Waals surface area contributed by atoms with E-state index in [0.717, 1.165) is 0 Å². The number of rotatable bonds is 6. The Kier molecular flexibility index (Phi) is 5.57. The lowest BCUT2D eigenvalue weighted by molar-refractivity contribution is -0.149. The summed E-state index contributed by atoms with van der Waals surface area (Å²) < 4.78 is 0. The molecule has 0 bridgehead atoms. The summed E-state index contributed by atoms with van der Waals surface area (Å²) in [6.45, 7) is 0.883. The molecule has 0 radical (unpaired) electrons. The van der Waals surface area contributed by atoms with E-state index in [9.17, 15) is 19.2 Å². The zero-order chi connectivity index (χ0) is 17.0. The van der Waals surface area contributed by atoms with Crippen LogP contribution in [0, 0.1) is 0 Å². The van der Waals surface area contributed by atoms with Crippen LogP contribution in [0.2, 0.25) is 0 Å². The van der Waals surface area contributed by atoms with Gasteiger partial charge in [0.2, 0.25) is 11.8 Å². The van der Waals surface area contributed by atoms with Crippen LogP contribution in [0.4, 0.5) is 0 Å². The van der Waals surface area contributed by atoms with Crippen molar-refractivity contribution >= 4 is 23.8 Å². The second kappa shape index (κ2) is 7.43. The number of aliphatic carboxylic acids is 2. The molecule has 2 saturated heterocycles. The highest BCUT2D eigenvalue weighted by atomic mass is 16.4. The number of likely N-dealkylation sites (tertiary alicyclic amines) is 2. The van der Waals surface area contributed by atoms with Gasteiger partial charge in [-0.15, -0.1) is 0 Å². The third kappa shape index (κ3) is 4.00. The Balaban J connectivity index is 1.78. The van der Waals surface area contributed by atoms with Crippen LogP contribution < -0.4 is 0 Å². The molecule has 0 aliphatic carbocycles. The molecule has 0 aromatic carbocycles. The van der Waals surface area contributed by atoms with Gasteiger partial charge in [0.25, 0.3) is 0 Å². The van der Waals surface area contributed by atoms with Crippen molar-refractivity contribution in [2.24, 2.45) is 0 Å². The van der Waals surface area contributed by atoms with Gasteiger partial charge in [-0.05, 0) is 32.1 Å². The van der Waals surface area contributed by atoms with Crippen molar-refractivity contribution in [2.75, 3.05) is 13.1 Å². The number of carboxylic acid groups (broad SMARTS) is 2. The summed E-state index contributed by atoms with van der Waals surface area (Å²) in [7, 11) is 0. The Bertz CT molecular complexity index is 462. The van der Waals surface area contributed by atoms with E-state index in [1.807, 2.05) is 0 Å². The molecule has 2 aliphatic heterocycles. The van der Waals surface area contributed by atoms with Crippen molar-refractivity contribution in [2.45, 2.75) is 57.0 Å². The summed E-state index contributed by atoms with van der Waals surface area (Å²) in [5.74, 6) is -2.49. The molecule has 2 rings (SSSR count). The largest absolute Gasteiger partial charge is 0.480 e. The van der Waals surface area contributed by atoms with Crippen LogP contribution in [0.1, 0.15) is 44.9 Å². The molecular weight excluding hydrogens is 304 g/mol. The van der Waals surface area contributed by atoms with Crippen LogP contribution in [0.5, 0.6) is 0 Å². The summed E-state index contributed by atoms with van der Waals surface area (Å²) in [4.78, 5) is 49.0. The second-order valence-corrected chi connectivity index (χ2v) is 6.02. The molecule has 23 heavy (non-hydrogen) atoms. The van der Waals surface area contributed by atoms with Gasteiger partial charge in [0.15, 0.2) is 0 Å². The van der Waals surface area contributed by atoms with E-state index in [0.29, 0.717) is 45.2 Å². The molecule has 8 heteroatoms. The molecule has 2 aliphatic rings. The first-order chi connectivity index (χ1) is 10.9.